The van der Waals surface area contributed by atoms with Crippen molar-refractivity contribution in [2.45, 2.75) is 6.42 Å². The van der Waals surface area contributed by atoms with E-state index in [0.717, 1.165) is 5.56 Å². The molecule has 0 unspecified atom stereocenters. The summed E-state index contributed by atoms with van der Waals surface area (Å²) in [5.41, 5.74) is 1.37. The molecule has 0 spiro atoms. The van der Waals surface area contributed by atoms with Crippen LogP contribution in [0.4, 0.5) is 10.5 Å². The molecule has 0 saturated carbocycles. The van der Waals surface area contributed by atoms with E-state index in [-0.39, 0.29) is 18.4 Å². The van der Waals surface area contributed by atoms with Gasteiger partial charge in [-0.1, -0.05) is 29.8 Å². The monoisotopic (exact) mass is 375 g/mol. The van der Waals surface area contributed by atoms with E-state index in [2.05, 4.69) is 10.6 Å². The molecule has 0 aromatic heterocycles. The zero-order valence-corrected chi connectivity index (χ0v) is 15.5. The van der Waals surface area contributed by atoms with Crippen LogP contribution in [0, 0.1) is 0 Å². The Morgan fingerprint density at radius 1 is 1.08 bits per heavy atom. The smallest absolute Gasteiger partial charge is 0.319 e. The molecule has 2 aromatic rings. The molecule has 26 heavy (non-hydrogen) atoms. The van der Waals surface area contributed by atoms with Gasteiger partial charge in [-0.3, -0.25) is 4.79 Å². The van der Waals surface area contributed by atoms with Gasteiger partial charge in [0.15, 0.2) is 0 Å². The normalized spacial score (nSPS) is 10.1. The lowest BCUT2D eigenvalue weighted by Crippen LogP contribution is -2.32. The van der Waals surface area contributed by atoms with Gasteiger partial charge in [0.25, 0.3) is 0 Å². The summed E-state index contributed by atoms with van der Waals surface area (Å²) in [5, 5.41) is 6.13. The van der Waals surface area contributed by atoms with Gasteiger partial charge in [-0.15, -0.1) is 0 Å². The highest BCUT2D eigenvalue weighted by atomic mass is 35.5. The number of anilines is 1. The Kier molecular flexibility index (Phi) is 7.29. The number of hydrogen-bond donors (Lipinski definition) is 2. The average Bonchev–Trinajstić information content (AvgIpc) is 2.62. The van der Waals surface area contributed by atoms with Crippen molar-refractivity contribution in [1.82, 2.24) is 10.2 Å². The number of para-hydroxylation sites is 1. The van der Waals surface area contributed by atoms with Crippen molar-refractivity contribution < 1.29 is 14.3 Å². The lowest BCUT2D eigenvalue weighted by Gasteiger charge is -2.14. The molecule has 2 N–H and O–H groups in total. The summed E-state index contributed by atoms with van der Waals surface area (Å²) in [5.74, 6) is 0.653. The summed E-state index contributed by atoms with van der Waals surface area (Å²) in [7, 11) is 3.40. The van der Waals surface area contributed by atoms with Crippen molar-refractivity contribution in [1.29, 1.82) is 0 Å². The third-order valence-electron chi connectivity index (χ3n) is 3.58. The van der Waals surface area contributed by atoms with Gasteiger partial charge in [0.2, 0.25) is 5.91 Å². The minimum absolute atomic E-state index is 0.0315. The van der Waals surface area contributed by atoms with Crippen LogP contribution in [0.2, 0.25) is 5.02 Å². The van der Waals surface area contributed by atoms with Crippen molar-refractivity contribution >= 4 is 29.2 Å². The highest BCUT2D eigenvalue weighted by molar-refractivity contribution is 6.30. The molecule has 0 saturated heterocycles. The van der Waals surface area contributed by atoms with Crippen LogP contribution in [0.1, 0.15) is 5.56 Å². The van der Waals surface area contributed by atoms with Gasteiger partial charge in [0.1, 0.15) is 12.4 Å². The molecule has 0 aliphatic rings. The molecule has 0 fully saturated rings. The Morgan fingerprint density at radius 2 is 1.77 bits per heavy atom. The topological polar surface area (TPSA) is 70.7 Å². The van der Waals surface area contributed by atoms with Gasteiger partial charge in [0.05, 0.1) is 13.0 Å². The van der Waals surface area contributed by atoms with Crippen LogP contribution in [0.25, 0.3) is 0 Å². The maximum atomic E-state index is 12.0. The fourth-order valence-electron chi connectivity index (χ4n) is 2.15. The van der Waals surface area contributed by atoms with Gasteiger partial charge in [0, 0.05) is 24.8 Å². The van der Waals surface area contributed by atoms with Crippen LogP contribution in [-0.2, 0) is 11.2 Å². The van der Waals surface area contributed by atoms with Crippen LogP contribution in [0.5, 0.6) is 5.75 Å². The SMILES string of the molecule is CN(C)C(=O)Cc1ccccc1NC(=O)NCCOc1ccc(Cl)cc1. The number of rotatable bonds is 7. The van der Waals surface area contributed by atoms with Crippen molar-refractivity contribution in [3.63, 3.8) is 0 Å². The lowest BCUT2D eigenvalue weighted by molar-refractivity contribution is -0.127. The first-order valence-electron chi connectivity index (χ1n) is 8.17. The fourth-order valence-corrected chi connectivity index (χ4v) is 2.27. The number of nitrogens with zero attached hydrogens (tertiary/aromatic N) is 1. The predicted molar refractivity (Wildman–Crippen MR) is 103 cm³/mol. The summed E-state index contributed by atoms with van der Waals surface area (Å²) in [4.78, 5) is 25.5. The Hall–Kier alpha value is -2.73. The van der Waals surface area contributed by atoms with Gasteiger partial charge < -0.3 is 20.3 Å². The molecular weight excluding hydrogens is 354 g/mol. The van der Waals surface area contributed by atoms with E-state index in [4.69, 9.17) is 16.3 Å². The molecule has 6 nitrogen and oxygen atoms in total. The molecule has 0 heterocycles. The number of amides is 3. The van der Waals surface area contributed by atoms with Crippen molar-refractivity contribution in [2.24, 2.45) is 0 Å². The number of hydrogen-bond acceptors (Lipinski definition) is 3. The van der Waals surface area contributed by atoms with Gasteiger partial charge >= 0.3 is 6.03 Å². The second-order valence-corrected chi connectivity index (χ2v) is 6.24. The molecule has 0 aliphatic carbocycles. The summed E-state index contributed by atoms with van der Waals surface area (Å²) in [6, 6.07) is 13.9. The van der Waals surface area contributed by atoms with Crippen LogP contribution >= 0.6 is 11.6 Å². The number of carbonyl (C=O) groups excluding carboxylic acids is 2. The standard InChI is InChI=1S/C19H22ClN3O3/c1-23(2)18(24)13-14-5-3-4-6-17(14)22-19(25)21-11-12-26-16-9-7-15(20)8-10-16/h3-10H,11-13H2,1-2H3,(H2,21,22,25). The Balaban J connectivity index is 1.80. The summed E-state index contributed by atoms with van der Waals surface area (Å²) < 4.78 is 5.51. The van der Waals surface area contributed by atoms with Crippen molar-refractivity contribution in [2.75, 3.05) is 32.6 Å². The number of halogens is 1. The van der Waals surface area contributed by atoms with Gasteiger partial charge in [-0.05, 0) is 35.9 Å². The van der Waals surface area contributed by atoms with Gasteiger partial charge in [-0.25, -0.2) is 4.79 Å². The summed E-state index contributed by atoms with van der Waals surface area (Å²) in [6.45, 7) is 0.670. The molecule has 138 valence electrons. The van der Waals surface area contributed by atoms with E-state index in [1.807, 2.05) is 18.2 Å². The second-order valence-electron chi connectivity index (χ2n) is 5.81. The van der Waals surface area contributed by atoms with Crippen molar-refractivity contribution in [3.8, 4) is 5.75 Å². The molecule has 2 rings (SSSR count). The molecule has 0 aliphatic heterocycles. The van der Waals surface area contributed by atoms with E-state index in [9.17, 15) is 9.59 Å². The number of benzene rings is 2. The quantitative estimate of drug-likeness (QED) is 0.730. The molecular formula is C19H22ClN3O3. The number of nitrogens with one attached hydrogen (secondary N) is 2. The van der Waals surface area contributed by atoms with Crippen LogP contribution < -0.4 is 15.4 Å². The zero-order chi connectivity index (χ0) is 18.9. The van der Waals surface area contributed by atoms with E-state index in [1.165, 1.54) is 4.90 Å². The first-order valence-corrected chi connectivity index (χ1v) is 8.55. The molecule has 0 bridgehead atoms. The predicted octanol–water partition coefficient (Wildman–Crippen LogP) is 3.17. The number of urea groups is 1. The Labute approximate surface area is 158 Å². The average molecular weight is 376 g/mol. The van der Waals surface area contributed by atoms with E-state index >= 15 is 0 Å². The van der Waals surface area contributed by atoms with E-state index in [0.29, 0.717) is 29.6 Å². The fraction of sp³-hybridized carbons (Fsp3) is 0.263. The maximum absolute atomic E-state index is 12.0. The van der Waals surface area contributed by atoms with Gasteiger partial charge in [-0.2, -0.15) is 0 Å². The molecule has 0 atom stereocenters. The number of likely N-dealkylation sites (N-methyl/N-ethyl adjacent to an activating group) is 1. The third-order valence-corrected chi connectivity index (χ3v) is 3.83. The second kappa shape index (κ2) is 9.68. The Bertz CT molecular complexity index is 748. The number of ether oxygens (including phenoxy) is 1. The summed E-state index contributed by atoms with van der Waals surface area (Å²) in [6.07, 6.45) is 0.225. The number of carbonyl (C=O) groups is 2. The van der Waals surface area contributed by atoms with Crippen LogP contribution in [0.15, 0.2) is 48.5 Å². The molecule has 3 amide bonds. The largest absolute Gasteiger partial charge is 0.492 e. The maximum Gasteiger partial charge on any atom is 0.319 e. The molecule has 2 aromatic carbocycles. The highest BCUT2D eigenvalue weighted by Crippen LogP contribution is 2.16. The first kappa shape index (κ1) is 19.6. The van der Waals surface area contributed by atoms with Crippen molar-refractivity contribution in [3.05, 3.63) is 59.1 Å². The minimum Gasteiger partial charge on any atom is -0.492 e. The van der Waals surface area contributed by atoms with Crippen LogP contribution in [0.3, 0.4) is 0 Å². The first-order chi connectivity index (χ1) is 12.5. The third kappa shape index (κ3) is 6.29. The van der Waals surface area contributed by atoms with E-state index in [1.54, 1.807) is 44.4 Å². The molecule has 0 radical (unpaired) electrons. The zero-order valence-electron chi connectivity index (χ0n) is 14.8. The molecule has 7 heteroatoms. The Morgan fingerprint density at radius 3 is 2.46 bits per heavy atom. The summed E-state index contributed by atoms with van der Waals surface area (Å²) >= 11 is 5.81. The lowest BCUT2D eigenvalue weighted by atomic mass is 10.1. The highest BCUT2D eigenvalue weighted by Gasteiger charge is 2.11. The van der Waals surface area contributed by atoms with Crippen LogP contribution in [-0.4, -0.2) is 44.1 Å². The minimum atomic E-state index is -0.352. The van der Waals surface area contributed by atoms with E-state index < -0.39 is 0 Å².